The molecule has 0 spiro atoms. The summed E-state index contributed by atoms with van der Waals surface area (Å²) in [6, 6.07) is 7.64. The van der Waals surface area contributed by atoms with Crippen molar-refractivity contribution in [3.05, 3.63) is 71.5 Å². The minimum atomic E-state index is -0.581. The molecule has 2 aromatic heterocycles. The number of nitrogens with zero attached hydrogens (tertiary/aromatic N) is 6. The Hall–Kier alpha value is -2.60. The van der Waals surface area contributed by atoms with Crippen LogP contribution in [0.2, 0.25) is 0 Å². The monoisotopic (exact) mass is 634 g/mol. The molecule has 31 heavy (non-hydrogen) atoms. The summed E-state index contributed by atoms with van der Waals surface area (Å²) in [6.07, 6.45) is 2.07. The van der Waals surface area contributed by atoms with Gasteiger partial charge in [0.15, 0.2) is 5.82 Å². The third-order valence-electron chi connectivity index (χ3n) is 4.47. The van der Waals surface area contributed by atoms with Gasteiger partial charge in [-0.05, 0) is 40.5 Å². The molecule has 4 rings (SSSR count). The molecule has 0 bridgehead atoms. The molecule has 1 aliphatic rings. The van der Waals surface area contributed by atoms with Gasteiger partial charge in [0, 0.05) is 50.3 Å². The van der Waals surface area contributed by atoms with Gasteiger partial charge in [-0.1, -0.05) is 6.57 Å². The van der Waals surface area contributed by atoms with Gasteiger partial charge in [-0.15, -0.1) is 6.54 Å². The van der Waals surface area contributed by atoms with Crippen LogP contribution in [0.3, 0.4) is 0 Å². The van der Waals surface area contributed by atoms with Gasteiger partial charge in [-0.25, -0.2) is 14.2 Å². The maximum atomic E-state index is 14.7. The fourth-order valence-corrected chi connectivity index (χ4v) is 2.96. The Bertz CT molecular complexity index is 1110. The molecule has 10 nitrogen and oxygen atoms in total. The predicted octanol–water partition coefficient (Wildman–Crippen LogP) is 3.34. The van der Waals surface area contributed by atoms with Gasteiger partial charge in [-0.2, -0.15) is 0 Å². The molecule has 155 valence electrons. The first kappa shape index (κ1) is 23.1. The Morgan fingerprint density at radius 1 is 1.32 bits per heavy atom. The van der Waals surface area contributed by atoms with Crippen LogP contribution in [-0.2, 0) is 11.3 Å². The van der Waals surface area contributed by atoms with Crippen LogP contribution in [0.5, 0.6) is 0 Å². The molecule has 1 radical (unpaired) electrons. The fourth-order valence-electron chi connectivity index (χ4n) is 2.96. The van der Waals surface area contributed by atoms with Crippen molar-refractivity contribution >= 4 is 23.4 Å². The molecule has 1 atom stereocenters. The molecular formula is C19H16AcFN8O2-. The number of cyclic esters (lactones) is 1. The van der Waals surface area contributed by atoms with E-state index in [0.29, 0.717) is 23.7 Å². The summed E-state index contributed by atoms with van der Waals surface area (Å²) in [4.78, 5) is 20.6. The third kappa shape index (κ3) is 5.18. The van der Waals surface area contributed by atoms with E-state index in [1.54, 1.807) is 35.0 Å². The molecule has 1 amide bonds. The summed E-state index contributed by atoms with van der Waals surface area (Å²) in [5.41, 5.74) is 8.63. The Morgan fingerprint density at radius 3 is 2.81 bits per heavy atom. The number of carbonyl (C=O) groups excluding carboxylic acids is 1. The van der Waals surface area contributed by atoms with Gasteiger partial charge < -0.3 is 25.2 Å². The molecule has 0 aliphatic carbocycles. The zero-order valence-corrected chi connectivity index (χ0v) is 20.9. The van der Waals surface area contributed by atoms with Crippen molar-refractivity contribution in [3.63, 3.8) is 0 Å². The summed E-state index contributed by atoms with van der Waals surface area (Å²) in [5.74, 6) is 0.184. The molecule has 1 aliphatic heterocycles. The molecule has 2 N–H and O–H groups in total. The van der Waals surface area contributed by atoms with Crippen molar-refractivity contribution in [3.8, 4) is 5.69 Å². The van der Waals surface area contributed by atoms with Gasteiger partial charge in [0.05, 0.1) is 36.5 Å². The number of hydrogen-bond donors (Lipinski definition) is 1. The second kappa shape index (κ2) is 10.1. The average Bonchev–Trinajstić information content (AvgIpc) is 3.39. The molecule has 1 saturated heterocycles. The zero-order valence-electron chi connectivity index (χ0n) is 16.2. The number of halogens is 1. The summed E-state index contributed by atoms with van der Waals surface area (Å²) < 4.78 is 21.3. The van der Waals surface area contributed by atoms with Crippen molar-refractivity contribution in [2.75, 3.05) is 23.3 Å². The summed E-state index contributed by atoms with van der Waals surface area (Å²) in [5, 5.41) is 10.7. The van der Waals surface area contributed by atoms with Crippen LogP contribution in [0, 0.1) is 56.5 Å². The fraction of sp³-hybridized carbons (Fsp3) is 0.211. The molecular weight excluding hydrogens is 618 g/mol. The van der Waals surface area contributed by atoms with E-state index in [0.717, 1.165) is 0 Å². The van der Waals surface area contributed by atoms with Crippen LogP contribution in [0.1, 0.15) is 5.69 Å². The van der Waals surface area contributed by atoms with Crippen molar-refractivity contribution in [2.45, 2.75) is 12.6 Å². The second-order valence-electron chi connectivity index (χ2n) is 6.47. The number of carbonyl (C=O) groups is 1. The van der Waals surface area contributed by atoms with E-state index in [1.807, 2.05) is 0 Å². The minimum Gasteiger partial charge on any atom is -0.674 e. The number of ether oxygens (including phenoxy) is 1. The molecule has 0 saturated carbocycles. The van der Waals surface area contributed by atoms with E-state index in [1.165, 1.54) is 17.3 Å². The first-order valence-corrected chi connectivity index (χ1v) is 8.98. The number of imidazole rings is 1. The SMILES string of the molecule is [Ac].[C-]#[N+]c1ccc(NCc2cn(-c3ccc(N4C[C@H](C[NH-])OC4=O)cc3F)cn2)nn1. The standard InChI is InChI=1S/C19H16FN8O2.Ac/c1-22-17-4-5-18(26-25-17)23-8-12-9-27(11-24-12)16-3-2-13(6-15(16)20)28-10-14(7-21)30-19(28)29;/h2-6,9,11,14,21H,7-8,10H2,(H,23,26);/q-1;/t14-;/m0./s1. The third-order valence-corrected chi connectivity index (χ3v) is 4.47. The number of nitrogens with one attached hydrogen (secondary N) is 2. The topological polar surface area (TPSA) is 113 Å². The zero-order chi connectivity index (χ0) is 21.1. The van der Waals surface area contributed by atoms with Gasteiger partial charge in [0.2, 0.25) is 0 Å². The minimum absolute atomic E-state index is 0. The molecule has 1 aromatic carbocycles. The molecule has 3 heterocycles. The first-order chi connectivity index (χ1) is 14.6. The molecule has 1 fully saturated rings. The van der Waals surface area contributed by atoms with Crippen molar-refractivity contribution in [1.29, 1.82) is 0 Å². The first-order valence-electron chi connectivity index (χ1n) is 8.98. The number of hydrogen-bond acceptors (Lipinski definition) is 6. The van der Waals surface area contributed by atoms with Crippen LogP contribution in [-0.4, -0.2) is 45.0 Å². The van der Waals surface area contributed by atoms with E-state index in [9.17, 15) is 9.18 Å². The number of aromatic nitrogens is 4. The quantitative estimate of drug-likeness (QED) is 0.417. The van der Waals surface area contributed by atoms with Gasteiger partial charge >= 0.3 is 6.09 Å². The Balaban J connectivity index is 0.00000272. The molecule has 3 aromatic rings. The van der Waals surface area contributed by atoms with Gasteiger partial charge in [0.1, 0.15) is 11.9 Å². The Labute approximate surface area is 213 Å². The number of amides is 1. The average molecular weight is 634 g/mol. The van der Waals surface area contributed by atoms with Gasteiger partial charge in [0.25, 0.3) is 5.82 Å². The smallest absolute Gasteiger partial charge is 0.414 e. The van der Waals surface area contributed by atoms with Crippen LogP contribution in [0.25, 0.3) is 16.3 Å². The summed E-state index contributed by atoms with van der Waals surface area (Å²) >= 11 is 0. The largest absolute Gasteiger partial charge is 0.674 e. The normalized spacial score (nSPS) is 15.2. The van der Waals surface area contributed by atoms with Crippen molar-refractivity contribution in [2.24, 2.45) is 0 Å². The number of rotatable bonds is 6. The maximum absolute atomic E-state index is 14.7. The Morgan fingerprint density at radius 2 is 2.16 bits per heavy atom. The van der Waals surface area contributed by atoms with E-state index >= 15 is 0 Å². The Kier molecular flexibility index (Phi) is 7.55. The van der Waals surface area contributed by atoms with E-state index in [2.05, 4.69) is 25.3 Å². The summed E-state index contributed by atoms with van der Waals surface area (Å²) in [7, 11) is 0. The second-order valence-corrected chi connectivity index (χ2v) is 6.47. The number of anilines is 2. The predicted molar refractivity (Wildman–Crippen MR) is 106 cm³/mol. The molecule has 0 unspecified atom stereocenters. The van der Waals surface area contributed by atoms with Crippen LogP contribution in [0.4, 0.5) is 26.5 Å². The van der Waals surface area contributed by atoms with Crippen molar-refractivity contribution in [1.82, 2.24) is 19.7 Å². The van der Waals surface area contributed by atoms with E-state index < -0.39 is 18.0 Å². The van der Waals surface area contributed by atoms with Crippen LogP contribution < -0.4 is 10.2 Å². The molecule has 12 heteroatoms. The number of benzene rings is 1. The van der Waals surface area contributed by atoms with Crippen LogP contribution in [0.15, 0.2) is 42.9 Å². The van der Waals surface area contributed by atoms with Gasteiger partial charge in [-0.3, -0.25) is 4.90 Å². The van der Waals surface area contributed by atoms with Crippen molar-refractivity contribution < 1.29 is 58.0 Å². The maximum Gasteiger partial charge on any atom is 0.414 e. The van der Waals surface area contributed by atoms with Crippen LogP contribution >= 0.6 is 0 Å². The van der Waals surface area contributed by atoms with E-state index in [-0.39, 0.29) is 68.7 Å². The summed E-state index contributed by atoms with van der Waals surface area (Å²) in [6.45, 7) is 7.39. The van der Waals surface area contributed by atoms with E-state index in [4.69, 9.17) is 17.0 Å².